The molecule has 0 aliphatic heterocycles. The Kier molecular flexibility index (Phi) is 7.25. The van der Waals surface area contributed by atoms with Gasteiger partial charge in [-0.15, -0.1) is 0 Å². The van der Waals surface area contributed by atoms with Crippen LogP contribution in [0.2, 0.25) is 0 Å². The van der Waals surface area contributed by atoms with E-state index in [4.69, 9.17) is 9.47 Å². The molecule has 0 aliphatic rings. The largest absolute Gasteiger partial charge is 0.375 e. The van der Waals surface area contributed by atoms with Crippen LogP contribution in [0, 0.1) is 0 Å². The number of rotatable bonds is 9. The Morgan fingerprint density at radius 1 is 0.688 bits per heavy atom. The summed E-state index contributed by atoms with van der Waals surface area (Å²) in [6.07, 6.45) is 4.32. The van der Waals surface area contributed by atoms with E-state index in [1.54, 1.807) is 0 Å². The van der Waals surface area contributed by atoms with E-state index >= 15 is 0 Å². The fraction of sp³-hybridized carbons (Fsp3) is 1.00. The van der Waals surface area contributed by atoms with Crippen molar-refractivity contribution in [3.8, 4) is 0 Å². The first-order chi connectivity index (χ1) is 7.33. The Labute approximate surface area is 102 Å². The lowest BCUT2D eigenvalue weighted by Crippen LogP contribution is -2.31. The van der Waals surface area contributed by atoms with E-state index in [9.17, 15) is 0 Å². The fourth-order valence-corrected chi connectivity index (χ4v) is 1.70. The standard InChI is InChI=1S/C14H30O2/c1-7-9-13(3,4)16-12-10-14(5,6)15-11-8-2/h7-12H2,1-6H3. The summed E-state index contributed by atoms with van der Waals surface area (Å²) in [6, 6.07) is 0. The van der Waals surface area contributed by atoms with Gasteiger partial charge >= 0.3 is 0 Å². The van der Waals surface area contributed by atoms with Crippen LogP contribution in [-0.4, -0.2) is 24.4 Å². The van der Waals surface area contributed by atoms with Gasteiger partial charge in [-0.25, -0.2) is 0 Å². The van der Waals surface area contributed by atoms with E-state index in [1.165, 1.54) is 6.42 Å². The van der Waals surface area contributed by atoms with E-state index in [1.807, 2.05) is 0 Å². The minimum Gasteiger partial charge on any atom is -0.375 e. The van der Waals surface area contributed by atoms with E-state index in [0.29, 0.717) is 0 Å². The lowest BCUT2D eigenvalue weighted by Gasteiger charge is -2.29. The van der Waals surface area contributed by atoms with Gasteiger partial charge < -0.3 is 9.47 Å². The molecule has 0 aliphatic carbocycles. The third-order valence-electron chi connectivity index (χ3n) is 2.75. The molecule has 0 unspecified atom stereocenters. The summed E-state index contributed by atoms with van der Waals surface area (Å²) in [5, 5.41) is 0. The molecule has 0 fully saturated rings. The van der Waals surface area contributed by atoms with Crippen molar-refractivity contribution < 1.29 is 9.47 Å². The second-order valence-electron chi connectivity index (χ2n) is 5.72. The van der Waals surface area contributed by atoms with Crippen LogP contribution in [0.4, 0.5) is 0 Å². The molecule has 0 spiro atoms. The zero-order valence-electron chi connectivity index (χ0n) is 12.1. The molecule has 0 saturated carbocycles. The second-order valence-corrected chi connectivity index (χ2v) is 5.72. The van der Waals surface area contributed by atoms with Crippen LogP contribution in [0.1, 0.15) is 67.2 Å². The highest BCUT2D eigenvalue weighted by Crippen LogP contribution is 2.20. The van der Waals surface area contributed by atoms with E-state index in [-0.39, 0.29) is 11.2 Å². The molecule has 2 nitrogen and oxygen atoms in total. The van der Waals surface area contributed by atoms with Crippen molar-refractivity contribution in [1.29, 1.82) is 0 Å². The maximum Gasteiger partial charge on any atom is 0.0648 e. The van der Waals surface area contributed by atoms with Crippen LogP contribution in [0.25, 0.3) is 0 Å². The van der Waals surface area contributed by atoms with Crippen molar-refractivity contribution in [3.63, 3.8) is 0 Å². The molecule has 0 aromatic rings. The van der Waals surface area contributed by atoms with Gasteiger partial charge in [-0.05, 0) is 47.0 Å². The zero-order valence-corrected chi connectivity index (χ0v) is 12.1. The minimum atomic E-state index is -0.0572. The van der Waals surface area contributed by atoms with Gasteiger partial charge in [0.1, 0.15) is 0 Å². The van der Waals surface area contributed by atoms with Crippen LogP contribution < -0.4 is 0 Å². The lowest BCUT2D eigenvalue weighted by molar-refractivity contribution is -0.0742. The van der Waals surface area contributed by atoms with Crippen LogP contribution in [0.5, 0.6) is 0 Å². The first kappa shape index (κ1) is 15.9. The van der Waals surface area contributed by atoms with Crippen molar-refractivity contribution in [1.82, 2.24) is 0 Å². The second kappa shape index (κ2) is 7.29. The van der Waals surface area contributed by atoms with Gasteiger partial charge in [0.25, 0.3) is 0 Å². The predicted octanol–water partition coefficient (Wildman–Crippen LogP) is 4.18. The van der Waals surface area contributed by atoms with Crippen molar-refractivity contribution in [2.75, 3.05) is 13.2 Å². The van der Waals surface area contributed by atoms with Crippen molar-refractivity contribution in [3.05, 3.63) is 0 Å². The van der Waals surface area contributed by atoms with Crippen molar-refractivity contribution in [2.24, 2.45) is 0 Å². The Balaban J connectivity index is 3.78. The molecule has 0 N–H and O–H groups in total. The average molecular weight is 230 g/mol. The number of hydrogen-bond acceptors (Lipinski definition) is 2. The van der Waals surface area contributed by atoms with E-state index in [2.05, 4.69) is 41.5 Å². The molecule has 2 heteroatoms. The first-order valence-corrected chi connectivity index (χ1v) is 6.61. The van der Waals surface area contributed by atoms with Gasteiger partial charge in [-0.1, -0.05) is 20.3 Å². The molecule has 0 saturated heterocycles. The Bertz CT molecular complexity index is 174. The van der Waals surface area contributed by atoms with Crippen molar-refractivity contribution in [2.45, 2.75) is 78.4 Å². The zero-order chi connectivity index (χ0) is 12.7. The smallest absolute Gasteiger partial charge is 0.0648 e. The topological polar surface area (TPSA) is 18.5 Å². The summed E-state index contributed by atoms with van der Waals surface area (Å²) in [7, 11) is 0. The van der Waals surface area contributed by atoms with Gasteiger partial charge in [0.2, 0.25) is 0 Å². The SMILES string of the molecule is CCCOC(C)(C)CCOC(C)(C)CCC. The maximum absolute atomic E-state index is 5.91. The monoisotopic (exact) mass is 230 g/mol. The Morgan fingerprint density at radius 2 is 1.19 bits per heavy atom. The van der Waals surface area contributed by atoms with Gasteiger partial charge in [0.05, 0.1) is 17.8 Å². The van der Waals surface area contributed by atoms with Gasteiger partial charge in [-0.3, -0.25) is 0 Å². The highest BCUT2D eigenvalue weighted by molar-refractivity contribution is 4.71. The van der Waals surface area contributed by atoms with Crippen LogP contribution in [0.3, 0.4) is 0 Å². The summed E-state index contributed by atoms with van der Waals surface area (Å²) in [5.41, 5.74) is -0.0477. The molecule has 0 radical (unpaired) electrons. The third-order valence-corrected chi connectivity index (χ3v) is 2.75. The molecule has 0 bridgehead atoms. The molecule has 16 heavy (non-hydrogen) atoms. The summed E-state index contributed by atoms with van der Waals surface area (Å²) < 4.78 is 11.7. The molecule has 0 aromatic heterocycles. The predicted molar refractivity (Wildman–Crippen MR) is 69.9 cm³/mol. The van der Waals surface area contributed by atoms with Crippen molar-refractivity contribution >= 4 is 0 Å². The molecule has 0 heterocycles. The molecule has 0 rings (SSSR count). The van der Waals surface area contributed by atoms with Gasteiger partial charge in [-0.2, -0.15) is 0 Å². The average Bonchev–Trinajstić information content (AvgIpc) is 2.14. The Hall–Kier alpha value is -0.0800. The van der Waals surface area contributed by atoms with Gasteiger partial charge in [0.15, 0.2) is 0 Å². The maximum atomic E-state index is 5.91. The van der Waals surface area contributed by atoms with Gasteiger partial charge in [0, 0.05) is 6.61 Å². The quantitative estimate of drug-likeness (QED) is 0.591. The number of ether oxygens (including phenoxy) is 2. The molecular formula is C14H30O2. The third kappa shape index (κ3) is 8.12. The van der Waals surface area contributed by atoms with E-state index in [0.717, 1.165) is 32.5 Å². The highest BCUT2D eigenvalue weighted by Gasteiger charge is 2.21. The molecule has 0 atom stereocenters. The minimum absolute atomic E-state index is 0.00951. The first-order valence-electron chi connectivity index (χ1n) is 6.61. The fourth-order valence-electron chi connectivity index (χ4n) is 1.70. The van der Waals surface area contributed by atoms with Crippen LogP contribution in [0.15, 0.2) is 0 Å². The highest BCUT2D eigenvalue weighted by atomic mass is 16.5. The summed E-state index contributed by atoms with van der Waals surface area (Å²) in [6.45, 7) is 14.6. The molecule has 0 aromatic carbocycles. The van der Waals surface area contributed by atoms with Crippen LogP contribution >= 0.6 is 0 Å². The summed E-state index contributed by atoms with van der Waals surface area (Å²) in [5.74, 6) is 0. The summed E-state index contributed by atoms with van der Waals surface area (Å²) >= 11 is 0. The Morgan fingerprint density at radius 3 is 1.69 bits per heavy atom. The van der Waals surface area contributed by atoms with E-state index < -0.39 is 0 Å². The van der Waals surface area contributed by atoms with Crippen LogP contribution in [-0.2, 0) is 9.47 Å². The number of hydrogen-bond donors (Lipinski definition) is 0. The normalized spacial score (nSPS) is 13.1. The molecular weight excluding hydrogens is 200 g/mol. The molecule has 0 amide bonds. The lowest BCUT2D eigenvalue weighted by atomic mass is 10.0. The summed E-state index contributed by atoms with van der Waals surface area (Å²) in [4.78, 5) is 0. The molecule has 98 valence electrons.